The second-order valence-electron chi connectivity index (χ2n) is 8.64. The highest BCUT2D eigenvalue weighted by Crippen LogP contribution is 2.22. The number of nitrogens with zero attached hydrogens (tertiary/aromatic N) is 1. The van der Waals surface area contributed by atoms with Crippen molar-refractivity contribution in [1.29, 1.82) is 0 Å². The number of nitrogens with one attached hydrogen (secondary N) is 1. The number of benzene rings is 2. The van der Waals surface area contributed by atoms with Crippen molar-refractivity contribution >= 4 is 5.91 Å². The molecule has 1 aliphatic rings. The Morgan fingerprint density at radius 2 is 1.64 bits per heavy atom. The molecule has 1 saturated heterocycles. The lowest BCUT2D eigenvalue weighted by Gasteiger charge is -2.30. The van der Waals surface area contributed by atoms with Gasteiger partial charge in [0.2, 0.25) is 0 Å². The van der Waals surface area contributed by atoms with Crippen LogP contribution in [0.2, 0.25) is 0 Å². The average molecular weight is 379 g/mol. The van der Waals surface area contributed by atoms with Crippen LogP contribution in [0.3, 0.4) is 0 Å². The molecule has 0 saturated carbocycles. The maximum absolute atomic E-state index is 12.7. The molecular formula is C25H34N2O. The molecule has 3 heteroatoms. The molecule has 1 aliphatic heterocycles. The molecule has 3 rings (SSSR count). The minimum absolute atomic E-state index is 0.0107. The SMILES string of the molecule is Cc1cc(C)c([C@@H](C)NC(=O)c2ccc(CN3CCC(C)CC3)cc2)cc1C. The van der Waals surface area contributed by atoms with Crippen molar-refractivity contribution in [2.75, 3.05) is 13.1 Å². The van der Waals surface area contributed by atoms with Gasteiger partial charge in [-0.05, 0) is 99.5 Å². The van der Waals surface area contributed by atoms with E-state index in [2.05, 4.69) is 69.1 Å². The Balaban J connectivity index is 1.61. The number of likely N-dealkylation sites (tertiary alicyclic amines) is 1. The van der Waals surface area contributed by atoms with E-state index < -0.39 is 0 Å². The molecule has 0 spiro atoms. The summed E-state index contributed by atoms with van der Waals surface area (Å²) in [4.78, 5) is 15.2. The Hall–Kier alpha value is -2.13. The standard InChI is InChI=1S/C25H34N2O/c1-17-10-12-27(13-11-17)16-22-6-8-23(9-7-22)25(28)26-21(5)24-15-19(3)18(2)14-20(24)4/h6-9,14-15,17,21H,10-13,16H2,1-5H3,(H,26,28)/t21-/m1/s1. The minimum atomic E-state index is -0.0122. The van der Waals surface area contributed by atoms with E-state index in [1.807, 2.05) is 12.1 Å². The van der Waals surface area contributed by atoms with Gasteiger partial charge in [0.15, 0.2) is 0 Å². The van der Waals surface area contributed by atoms with Crippen molar-refractivity contribution < 1.29 is 4.79 Å². The van der Waals surface area contributed by atoms with E-state index in [9.17, 15) is 4.79 Å². The van der Waals surface area contributed by atoms with Crippen LogP contribution in [-0.4, -0.2) is 23.9 Å². The molecule has 0 aromatic heterocycles. The maximum Gasteiger partial charge on any atom is 0.251 e. The van der Waals surface area contributed by atoms with Gasteiger partial charge in [0.1, 0.15) is 0 Å². The molecular weight excluding hydrogens is 344 g/mol. The highest BCUT2D eigenvalue weighted by atomic mass is 16.1. The van der Waals surface area contributed by atoms with Crippen molar-refractivity contribution in [1.82, 2.24) is 10.2 Å². The van der Waals surface area contributed by atoms with Gasteiger partial charge in [0, 0.05) is 12.1 Å². The summed E-state index contributed by atoms with van der Waals surface area (Å²) in [5.74, 6) is 0.841. The van der Waals surface area contributed by atoms with Gasteiger partial charge in [-0.3, -0.25) is 9.69 Å². The van der Waals surface area contributed by atoms with Gasteiger partial charge in [0.05, 0.1) is 6.04 Å². The number of carbonyl (C=O) groups excluding carboxylic acids is 1. The van der Waals surface area contributed by atoms with Crippen molar-refractivity contribution in [3.05, 3.63) is 69.8 Å². The van der Waals surface area contributed by atoms with E-state index in [-0.39, 0.29) is 11.9 Å². The van der Waals surface area contributed by atoms with Gasteiger partial charge in [-0.2, -0.15) is 0 Å². The Bertz CT molecular complexity index is 817. The van der Waals surface area contributed by atoms with Crippen molar-refractivity contribution in [2.45, 2.75) is 60.0 Å². The summed E-state index contributed by atoms with van der Waals surface area (Å²) < 4.78 is 0. The number of rotatable bonds is 5. The van der Waals surface area contributed by atoms with Crippen molar-refractivity contribution in [2.24, 2.45) is 5.92 Å². The average Bonchev–Trinajstić information content (AvgIpc) is 2.67. The first kappa shape index (κ1) is 20.6. The van der Waals surface area contributed by atoms with Crippen molar-refractivity contribution in [3.8, 4) is 0 Å². The Labute approximate surface area is 170 Å². The van der Waals surface area contributed by atoms with Crippen LogP contribution in [0.25, 0.3) is 0 Å². The summed E-state index contributed by atoms with van der Waals surface area (Å²) >= 11 is 0. The first-order chi connectivity index (χ1) is 13.3. The van der Waals surface area contributed by atoms with Crippen LogP contribution in [0.15, 0.2) is 36.4 Å². The lowest BCUT2D eigenvalue weighted by atomic mass is 9.96. The van der Waals surface area contributed by atoms with Gasteiger partial charge in [0.25, 0.3) is 5.91 Å². The van der Waals surface area contributed by atoms with Crippen LogP contribution in [0.1, 0.15) is 70.9 Å². The summed E-state index contributed by atoms with van der Waals surface area (Å²) in [5, 5.41) is 3.16. The molecule has 0 unspecified atom stereocenters. The van der Waals surface area contributed by atoms with E-state index in [1.54, 1.807) is 0 Å². The molecule has 2 aromatic rings. The van der Waals surface area contributed by atoms with E-state index in [4.69, 9.17) is 0 Å². The number of amides is 1. The fourth-order valence-electron chi connectivity index (χ4n) is 4.05. The monoisotopic (exact) mass is 378 g/mol. The largest absolute Gasteiger partial charge is 0.346 e. The predicted octanol–water partition coefficient (Wildman–Crippen LogP) is 5.33. The summed E-state index contributed by atoms with van der Waals surface area (Å²) in [6.45, 7) is 14.1. The Morgan fingerprint density at radius 1 is 1.04 bits per heavy atom. The molecule has 1 fully saturated rings. The molecule has 2 aromatic carbocycles. The fourth-order valence-corrected chi connectivity index (χ4v) is 4.05. The summed E-state index contributed by atoms with van der Waals surface area (Å²) in [6, 6.07) is 12.5. The minimum Gasteiger partial charge on any atom is -0.346 e. The third-order valence-electron chi connectivity index (χ3n) is 6.20. The van der Waals surface area contributed by atoms with E-state index >= 15 is 0 Å². The highest BCUT2D eigenvalue weighted by Gasteiger charge is 2.17. The zero-order valence-corrected chi connectivity index (χ0v) is 18.0. The van der Waals surface area contributed by atoms with Gasteiger partial charge >= 0.3 is 0 Å². The normalized spacial score (nSPS) is 16.8. The van der Waals surface area contributed by atoms with E-state index in [1.165, 1.54) is 53.7 Å². The summed E-state index contributed by atoms with van der Waals surface area (Å²) in [6.07, 6.45) is 2.58. The zero-order chi connectivity index (χ0) is 20.3. The Kier molecular flexibility index (Phi) is 6.56. The maximum atomic E-state index is 12.7. The molecule has 3 nitrogen and oxygen atoms in total. The number of hydrogen-bond acceptors (Lipinski definition) is 2. The lowest BCUT2D eigenvalue weighted by Crippen LogP contribution is -2.32. The summed E-state index contributed by atoms with van der Waals surface area (Å²) in [5.41, 5.74) is 6.97. The molecule has 1 N–H and O–H groups in total. The fraction of sp³-hybridized carbons (Fsp3) is 0.480. The third kappa shape index (κ3) is 5.02. The van der Waals surface area contributed by atoms with Gasteiger partial charge in [-0.15, -0.1) is 0 Å². The van der Waals surface area contributed by atoms with Crippen molar-refractivity contribution in [3.63, 3.8) is 0 Å². The highest BCUT2D eigenvalue weighted by molar-refractivity contribution is 5.94. The number of piperidine rings is 1. The topological polar surface area (TPSA) is 32.3 Å². The smallest absolute Gasteiger partial charge is 0.251 e. The van der Waals surface area contributed by atoms with Gasteiger partial charge in [-0.25, -0.2) is 0 Å². The van der Waals surface area contributed by atoms with Crippen LogP contribution in [0.5, 0.6) is 0 Å². The van der Waals surface area contributed by atoms with E-state index in [0.29, 0.717) is 0 Å². The predicted molar refractivity (Wildman–Crippen MR) is 117 cm³/mol. The van der Waals surface area contributed by atoms with Gasteiger partial charge < -0.3 is 5.32 Å². The lowest BCUT2D eigenvalue weighted by molar-refractivity contribution is 0.0939. The quantitative estimate of drug-likeness (QED) is 0.762. The molecule has 1 heterocycles. The second-order valence-corrected chi connectivity index (χ2v) is 8.64. The summed E-state index contributed by atoms with van der Waals surface area (Å²) in [7, 11) is 0. The second kappa shape index (κ2) is 8.91. The van der Waals surface area contributed by atoms with Crippen LogP contribution < -0.4 is 5.32 Å². The van der Waals surface area contributed by atoms with Crippen LogP contribution >= 0.6 is 0 Å². The zero-order valence-electron chi connectivity index (χ0n) is 18.0. The number of hydrogen-bond donors (Lipinski definition) is 1. The number of carbonyl (C=O) groups is 1. The van der Waals surface area contributed by atoms with E-state index in [0.717, 1.165) is 18.0 Å². The molecule has 28 heavy (non-hydrogen) atoms. The Morgan fingerprint density at radius 3 is 2.29 bits per heavy atom. The van der Waals surface area contributed by atoms with Crippen LogP contribution in [-0.2, 0) is 6.54 Å². The van der Waals surface area contributed by atoms with Gasteiger partial charge in [-0.1, -0.05) is 31.2 Å². The molecule has 150 valence electrons. The molecule has 1 atom stereocenters. The molecule has 1 amide bonds. The van der Waals surface area contributed by atoms with Crippen LogP contribution in [0.4, 0.5) is 0 Å². The molecule has 0 radical (unpaired) electrons. The van der Waals surface area contributed by atoms with Crippen LogP contribution in [0, 0.1) is 26.7 Å². The third-order valence-corrected chi connectivity index (χ3v) is 6.20. The first-order valence-corrected chi connectivity index (χ1v) is 10.5. The first-order valence-electron chi connectivity index (χ1n) is 10.5. The molecule has 0 bridgehead atoms. The number of aryl methyl sites for hydroxylation is 3. The molecule has 0 aliphatic carbocycles.